The van der Waals surface area contributed by atoms with Crippen molar-refractivity contribution in [3.05, 3.63) is 47.2 Å². The number of halogens is 1. The molecule has 0 N–H and O–H groups in total. The third-order valence-electron chi connectivity index (χ3n) is 5.39. The fourth-order valence-corrected chi connectivity index (χ4v) is 3.96. The standard InChI is InChI=1S/C21H25ClN4O3/c22-18-13-17(21(27)26-9-11-28-12-10-26)14-24-20(18)25-7-4-16(5-8-25)15-29-19-3-1-2-6-23-19/h1-3,6,13-14,16H,4-5,7-12,15H2. The Kier molecular flexibility index (Phi) is 6.46. The van der Waals surface area contributed by atoms with Crippen molar-refractivity contribution in [1.29, 1.82) is 0 Å². The van der Waals surface area contributed by atoms with E-state index in [1.807, 2.05) is 18.2 Å². The Morgan fingerprint density at radius 2 is 1.97 bits per heavy atom. The number of piperidine rings is 1. The number of aromatic nitrogens is 2. The van der Waals surface area contributed by atoms with Crippen LogP contribution in [0.2, 0.25) is 5.02 Å². The molecule has 0 saturated carbocycles. The second kappa shape index (κ2) is 9.41. The van der Waals surface area contributed by atoms with Gasteiger partial charge in [0.25, 0.3) is 5.91 Å². The van der Waals surface area contributed by atoms with Gasteiger partial charge in [-0.15, -0.1) is 0 Å². The molecular formula is C21H25ClN4O3. The van der Waals surface area contributed by atoms with Crippen LogP contribution in [0.4, 0.5) is 5.82 Å². The number of ether oxygens (including phenoxy) is 2. The molecule has 0 radical (unpaired) electrons. The van der Waals surface area contributed by atoms with Gasteiger partial charge in [0.1, 0.15) is 5.82 Å². The number of nitrogens with zero attached hydrogens (tertiary/aromatic N) is 4. The van der Waals surface area contributed by atoms with Crippen LogP contribution in [0.1, 0.15) is 23.2 Å². The summed E-state index contributed by atoms with van der Waals surface area (Å²) in [6.45, 7) is 4.74. The van der Waals surface area contributed by atoms with Crippen molar-refractivity contribution < 1.29 is 14.3 Å². The molecule has 2 fully saturated rings. The lowest BCUT2D eigenvalue weighted by Gasteiger charge is -2.33. The molecular weight excluding hydrogens is 392 g/mol. The molecule has 1 amide bonds. The van der Waals surface area contributed by atoms with Gasteiger partial charge in [0.2, 0.25) is 5.88 Å². The number of hydrogen-bond acceptors (Lipinski definition) is 6. The van der Waals surface area contributed by atoms with Crippen LogP contribution in [-0.4, -0.2) is 66.8 Å². The molecule has 0 unspecified atom stereocenters. The van der Waals surface area contributed by atoms with Gasteiger partial charge in [-0.05, 0) is 30.9 Å². The van der Waals surface area contributed by atoms with Gasteiger partial charge in [-0.3, -0.25) is 4.79 Å². The van der Waals surface area contributed by atoms with Crippen LogP contribution < -0.4 is 9.64 Å². The molecule has 154 valence electrons. The summed E-state index contributed by atoms with van der Waals surface area (Å²) in [6, 6.07) is 7.41. The maximum atomic E-state index is 12.6. The molecule has 7 nitrogen and oxygen atoms in total. The number of hydrogen-bond donors (Lipinski definition) is 0. The zero-order valence-corrected chi connectivity index (χ0v) is 17.1. The Morgan fingerprint density at radius 3 is 2.66 bits per heavy atom. The normalized spacial score (nSPS) is 18.0. The van der Waals surface area contributed by atoms with Gasteiger partial charge in [0.15, 0.2) is 0 Å². The lowest BCUT2D eigenvalue weighted by atomic mass is 9.98. The van der Waals surface area contributed by atoms with Gasteiger partial charge in [-0.25, -0.2) is 9.97 Å². The molecule has 8 heteroatoms. The first-order chi connectivity index (χ1) is 14.2. The van der Waals surface area contributed by atoms with Crippen LogP contribution in [0.5, 0.6) is 5.88 Å². The summed E-state index contributed by atoms with van der Waals surface area (Å²) < 4.78 is 11.1. The van der Waals surface area contributed by atoms with E-state index >= 15 is 0 Å². The number of amides is 1. The quantitative estimate of drug-likeness (QED) is 0.746. The van der Waals surface area contributed by atoms with E-state index in [0.29, 0.717) is 55.3 Å². The Balaban J connectivity index is 1.32. The van der Waals surface area contributed by atoms with E-state index in [-0.39, 0.29) is 5.91 Å². The zero-order valence-electron chi connectivity index (χ0n) is 16.3. The van der Waals surface area contributed by atoms with E-state index in [4.69, 9.17) is 21.1 Å². The first-order valence-electron chi connectivity index (χ1n) is 10.0. The van der Waals surface area contributed by atoms with E-state index in [2.05, 4.69) is 14.9 Å². The van der Waals surface area contributed by atoms with Crippen LogP contribution >= 0.6 is 11.6 Å². The van der Waals surface area contributed by atoms with E-state index in [1.54, 1.807) is 23.4 Å². The molecule has 0 bridgehead atoms. The van der Waals surface area contributed by atoms with Crippen molar-refractivity contribution in [2.45, 2.75) is 12.8 Å². The average molecular weight is 417 g/mol. The summed E-state index contributed by atoms with van der Waals surface area (Å²) in [5.74, 6) is 1.85. The third-order valence-corrected chi connectivity index (χ3v) is 5.66. The summed E-state index contributed by atoms with van der Waals surface area (Å²) in [7, 11) is 0. The van der Waals surface area contributed by atoms with Gasteiger partial charge < -0.3 is 19.3 Å². The van der Waals surface area contributed by atoms with Crippen molar-refractivity contribution in [1.82, 2.24) is 14.9 Å². The highest BCUT2D eigenvalue weighted by Gasteiger charge is 2.24. The van der Waals surface area contributed by atoms with Gasteiger partial charge in [0.05, 0.1) is 30.4 Å². The Bertz CT molecular complexity index is 822. The SMILES string of the molecule is O=C(c1cnc(N2CCC(COc3ccccn3)CC2)c(Cl)c1)N1CCOCC1. The summed E-state index contributed by atoms with van der Waals surface area (Å²) >= 11 is 6.49. The van der Waals surface area contributed by atoms with Crippen molar-refractivity contribution in [3.63, 3.8) is 0 Å². The summed E-state index contributed by atoms with van der Waals surface area (Å²) in [5.41, 5.74) is 0.527. The number of carbonyl (C=O) groups is 1. The smallest absolute Gasteiger partial charge is 0.255 e. The zero-order chi connectivity index (χ0) is 20.1. The van der Waals surface area contributed by atoms with Crippen LogP contribution in [0, 0.1) is 5.92 Å². The highest BCUT2D eigenvalue weighted by Crippen LogP contribution is 2.29. The van der Waals surface area contributed by atoms with Crippen LogP contribution in [0.15, 0.2) is 36.7 Å². The first kappa shape index (κ1) is 19.9. The number of rotatable bonds is 5. The Morgan fingerprint density at radius 1 is 1.17 bits per heavy atom. The predicted octanol–water partition coefficient (Wildman–Crippen LogP) is 2.90. The number of pyridine rings is 2. The predicted molar refractivity (Wildman–Crippen MR) is 111 cm³/mol. The maximum absolute atomic E-state index is 12.6. The largest absolute Gasteiger partial charge is 0.477 e. The molecule has 2 aromatic heterocycles. The van der Waals surface area contributed by atoms with Crippen LogP contribution in [0.3, 0.4) is 0 Å². The Labute approximate surface area is 175 Å². The second-order valence-corrected chi connectivity index (χ2v) is 7.75. The van der Waals surface area contributed by atoms with Gasteiger partial charge >= 0.3 is 0 Å². The monoisotopic (exact) mass is 416 g/mol. The maximum Gasteiger partial charge on any atom is 0.255 e. The van der Waals surface area contributed by atoms with E-state index in [0.717, 1.165) is 31.7 Å². The average Bonchev–Trinajstić information content (AvgIpc) is 2.79. The van der Waals surface area contributed by atoms with Crippen molar-refractivity contribution in [2.75, 3.05) is 50.9 Å². The molecule has 2 aliphatic heterocycles. The molecule has 2 aromatic rings. The minimum absolute atomic E-state index is 0.0420. The minimum Gasteiger partial charge on any atom is -0.477 e. The molecule has 0 atom stereocenters. The molecule has 0 aromatic carbocycles. The third kappa shape index (κ3) is 4.97. The molecule has 0 spiro atoms. The van der Waals surface area contributed by atoms with Gasteiger partial charge in [-0.2, -0.15) is 0 Å². The minimum atomic E-state index is -0.0420. The van der Waals surface area contributed by atoms with Gasteiger partial charge in [0, 0.05) is 44.6 Å². The fourth-order valence-electron chi connectivity index (χ4n) is 3.68. The van der Waals surface area contributed by atoms with E-state index < -0.39 is 0 Å². The highest BCUT2D eigenvalue weighted by atomic mass is 35.5. The number of carbonyl (C=O) groups excluding carboxylic acids is 1. The topological polar surface area (TPSA) is 67.8 Å². The fraction of sp³-hybridized carbons (Fsp3) is 0.476. The Hall–Kier alpha value is -2.38. The van der Waals surface area contributed by atoms with Crippen molar-refractivity contribution in [3.8, 4) is 5.88 Å². The first-order valence-corrected chi connectivity index (χ1v) is 10.4. The molecule has 2 saturated heterocycles. The number of morpholine rings is 1. The molecule has 29 heavy (non-hydrogen) atoms. The second-order valence-electron chi connectivity index (χ2n) is 7.34. The molecule has 2 aliphatic rings. The lowest BCUT2D eigenvalue weighted by Crippen LogP contribution is -2.40. The summed E-state index contributed by atoms with van der Waals surface area (Å²) in [5, 5.41) is 0.521. The van der Waals surface area contributed by atoms with Gasteiger partial charge in [-0.1, -0.05) is 17.7 Å². The van der Waals surface area contributed by atoms with Crippen molar-refractivity contribution in [2.24, 2.45) is 5.92 Å². The van der Waals surface area contributed by atoms with E-state index in [1.165, 1.54) is 0 Å². The lowest BCUT2D eigenvalue weighted by molar-refractivity contribution is 0.0302. The molecule has 4 heterocycles. The van der Waals surface area contributed by atoms with E-state index in [9.17, 15) is 4.79 Å². The molecule has 0 aliphatic carbocycles. The van der Waals surface area contributed by atoms with Crippen LogP contribution in [0.25, 0.3) is 0 Å². The highest BCUT2D eigenvalue weighted by molar-refractivity contribution is 6.33. The summed E-state index contributed by atoms with van der Waals surface area (Å²) in [4.78, 5) is 25.3. The molecule has 4 rings (SSSR count). The van der Waals surface area contributed by atoms with Crippen molar-refractivity contribution >= 4 is 23.3 Å². The van der Waals surface area contributed by atoms with Crippen LogP contribution in [-0.2, 0) is 4.74 Å². The summed E-state index contributed by atoms with van der Waals surface area (Å²) in [6.07, 6.45) is 5.37. The number of anilines is 1.